The van der Waals surface area contributed by atoms with Crippen LogP contribution in [0, 0.1) is 12.8 Å². The topological polar surface area (TPSA) is 72.8 Å². The van der Waals surface area contributed by atoms with Crippen LogP contribution in [0.15, 0.2) is 48.7 Å². The maximum atomic E-state index is 13.6. The van der Waals surface area contributed by atoms with Crippen LogP contribution >= 0.6 is 11.6 Å². The average molecular weight is 502 g/mol. The monoisotopic (exact) mass is 501 g/mol. The maximum absolute atomic E-state index is 13.6. The number of alkyl halides is 3. The van der Waals surface area contributed by atoms with E-state index in [1.54, 1.807) is 12.1 Å². The van der Waals surface area contributed by atoms with Crippen LogP contribution in [0.25, 0.3) is 22.4 Å². The van der Waals surface area contributed by atoms with Crippen LogP contribution in [0.4, 0.5) is 24.7 Å². The van der Waals surface area contributed by atoms with Gasteiger partial charge in [0.2, 0.25) is 0 Å². The van der Waals surface area contributed by atoms with Crippen LogP contribution in [-0.4, -0.2) is 26.5 Å². The Hall–Kier alpha value is -3.30. The van der Waals surface area contributed by atoms with E-state index in [1.807, 2.05) is 32.9 Å². The second kappa shape index (κ2) is 10.1. The largest absolute Gasteiger partial charge is 0.418 e. The van der Waals surface area contributed by atoms with Crippen molar-refractivity contribution in [1.82, 2.24) is 19.9 Å². The third-order valence-electron chi connectivity index (χ3n) is 5.06. The minimum absolute atomic E-state index is 0.0615. The van der Waals surface area contributed by atoms with Gasteiger partial charge in [-0.25, -0.2) is 15.0 Å². The molecule has 0 unspecified atom stereocenters. The number of rotatable bonds is 7. The molecule has 0 aliphatic rings. The van der Waals surface area contributed by atoms with Crippen molar-refractivity contribution in [2.75, 3.05) is 11.9 Å². The molecule has 0 atom stereocenters. The van der Waals surface area contributed by atoms with E-state index in [2.05, 4.69) is 25.3 Å². The molecular weight excluding hydrogens is 479 g/mol. The van der Waals surface area contributed by atoms with Crippen LogP contribution in [0.2, 0.25) is 5.02 Å². The van der Waals surface area contributed by atoms with E-state index in [9.17, 15) is 13.2 Å². The standard InChI is InChI=1S/C25H23ClF3N5O/c1-14(2)12-35-13-21-33-23(31-16-6-8-19(26)15(3)11-16)17-7-9-20(32-24(17)34-21)22-18(25(27,28)29)5-4-10-30-22/h4-11,14H,12-13H2,1-3H3,(H,31,32,33,34). The van der Waals surface area contributed by atoms with Crippen molar-refractivity contribution in [3.63, 3.8) is 0 Å². The van der Waals surface area contributed by atoms with E-state index in [4.69, 9.17) is 16.3 Å². The summed E-state index contributed by atoms with van der Waals surface area (Å²) in [5, 5.41) is 4.42. The number of hydrogen-bond acceptors (Lipinski definition) is 6. The van der Waals surface area contributed by atoms with E-state index in [-0.39, 0.29) is 23.6 Å². The molecule has 6 nitrogen and oxygen atoms in total. The molecule has 0 fully saturated rings. The Bertz CT molecular complexity index is 1360. The van der Waals surface area contributed by atoms with Gasteiger partial charge in [-0.05, 0) is 60.9 Å². The Labute approximate surface area is 205 Å². The number of benzene rings is 1. The minimum atomic E-state index is -4.57. The molecule has 4 aromatic rings. The predicted octanol–water partition coefficient (Wildman–Crippen LogP) is 6.98. The number of halogens is 4. The molecule has 35 heavy (non-hydrogen) atoms. The summed E-state index contributed by atoms with van der Waals surface area (Å²) >= 11 is 6.14. The molecule has 0 aliphatic carbocycles. The van der Waals surface area contributed by atoms with Crippen molar-refractivity contribution in [2.45, 2.75) is 33.6 Å². The first kappa shape index (κ1) is 24.8. The molecular formula is C25H23ClF3N5O. The predicted molar refractivity (Wildman–Crippen MR) is 130 cm³/mol. The smallest absolute Gasteiger partial charge is 0.373 e. The molecule has 0 saturated carbocycles. The number of anilines is 2. The lowest BCUT2D eigenvalue weighted by atomic mass is 10.1. The van der Waals surface area contributed by atoms with Gasteiger partial charge in [0, 0.05) is 23.5 Å². The zero-order chi connectivity index (χ0) is 25.2. The highest BCUT2D eigenvalue weighted by molar-refractivity contribution is 6.31. The molecule has 0 spiro atoms. The summed E-state index contributed by atoms with van der Waals surface area (Å²) in [5.41, 5.74) is 0.788. The van der Waals surface area contributed by atoms with Gasteiger partial charge in [0.1, 0.15) is 18.1 Å². The summed E-state index contributed by atoms with van der Waals surface area (Å²) in [6.07, 6.45) is -3.27. The number of aromatic nitrogens is 4. The highest BCUT2D eigenvalue weighted by Crippen LogP contribution is 2.36. The van der Waals surface area contributed by atoms with Crippen molar-refractivity contribution < 1.29 is 17.9 Å². The van der Waals surface area contributed by atoms with E-state index in [1.165, 1.54) is 18.3 Å². The molecule has 182 valence electrons. The lowest BCUT2D eigenvalue weighted by molar-refractivity contribution is -0.137. The van der Waals surface area contributed by atoms with Crippen molar-refractivity contribution in [3.8, 4) is 11.4 Å². The molecule has 3 aromatic heterocycles. The number of fused-ring (bicyclic) bond motifs is 1. The third-order valence-corrected chi connectivity index (χ3v) is 5.49. The normalized spacial score (nSPS) is 11.9. The number of ether oxygens (including phenoxy) is 1. The average Bonchev–Trinajstić information content (AvgIpc) is 2.80. The second-order valence-corrected chi connectivity index (χ2v) is 8.86. The van der Waals surface area contributed by atoms with Crippen LogP contribution in [-0.2, 0) is 17.5 Å². The van der Waals surface area contributed by atoms with Crippen LogP contribution in [0.1, 0.15) is 30.8 Å². The van der Waals surface area contributed by atoms with Gasteiger partial charge in [-0.2, -0.15) is 13.2 Å². The van der Waals surface area contributed by atoms with Crippen molar-refractivity contribution in [3.05, 3.63) is 70.6 Å². The van der Waals surface area contributed by atoms with E-state index < -0.39 is 11.7 Å². The molecule has 0 amide bonds. The second-order valence-electron chi connectivity index (χ2n) is 8.45. The van der Waals surface area contributed by atoms with Crippen LogP contribution in [0.5, 0.6) is 0 Å². The Morgan fingerprint density at radius 3 is 2.57 bits per heavy atom. The molecule has 1 N–H and O–H groups in total. The molecule has 4 rings (SSSR count). The molecule has 10 heteroatoms. The van der Waals surface area contributed by atoms with Gasteiger partial charge in [-0.3, -0.25) is 4.98 Å². The van der Waals surface area contributed by atoms with Gasteiger partial charge in [-0.15, -0.1) is 0 Å². The van der Waals surface area contributed by atoms with Crippen LogP contribution < -0.4 is 5.32 Å². The number of nitrogens with one attached hydrogen (secondary N) is 1. The highest BCUT2D eigenvalue weighted by Gasteiger charge is 2.34. The Kier molecular flexibility index (Phi) is 7.18. The third kappa shape index (κ3) is 5.86. The fourth-order valence-corrected chi connectivity index (χ4v) is 3.55. The summed E-state index contributed by atoms with van der Waals surface area (Å²) < 4.78 is 46.4. The van der Waals surface area contributed by atoms with Gasteiger partial charge in [-0.1, -0.05) is 25.4 Å². The zero-order valence-electron chi connectivity index (χ0n) is 19.3. The quantitative estimate of drug-likeness (QED) is 0.294. The number of aryl methyl sites for hydroxylation is 1. The summed E-state index contributed by atoms with van der Waals surface area (Å²) in [7, 11) is 0. The van der Waals surface area contributed by atoms with E-state index in [0.717, 1.165) is 17.3 Å². The molecule has 0 radical (unpaired) electrons. The summed E-state index contributed by atoms with van der Waals surface area (Å²) in [6.45, 7) is 6.57. The van der Waals surface area contributed by atoms with E-state index >= 15 is 0 Å². The van der Waals surface area contributed by atoms with Crippen molar-refractivity contribution in [1.29, 1.82) is 0 Å². The lowest BCUT2D eigenvalue weighted by Gasteiger charge is -2.14. The lowest BCUT2D eigenvalue weighted by Crippen LogP contribution is -2.10. The first-order valence-electron chi connectivity index (χ1n) is 10.9. The maximum Gasteiger partial charge on any atom is 0.418 e. The SMILES string of the molecule is Cc1cc(Nc2nc(COCC(C)C)nc3nc(-c4ncccc4C(F)(F)F)ccc23)ccc1Cl. The Morgan fingerprint density at radius 2 is 1.86 bits per heavy atom. The van der Waals surface area contributed by atoms with Gasteiger partial charge in [0.25, 0.3) is 0 Å². The fourth-order valence-electron chi connectivity index (χ4n) is 3.43. The minimum Gasteiger partial charge on any atom is -0.373 e. The molecule has 1 aromatic carbocycles. The molecule has 3 heterocycles. The highest BCUT2D eigenvalue weighted by atomic mass is 35.5. The first-order chi connectivity index (χ1) is 16.6. The summed E-state index contributed by atoms with van der Waals surface area (Å²) in [4.78, 5) is 17.4. The Morgan fingerprint density at radius 1 is 1.06 bits per heavy atom. The summed E-state index contributed by atoms with van der Waals surface area (Å²) in [5.74, 6) is 1.13. The van der Waals surface area contributed by atoms with Crippen molar-refractivity contribution in [2.24, 2.45) is 5.92 Å². The molecule has 0 saturated heterocycles. The molecule has 0 bridgehead atoms. The number of pyridine rings is 2. The van der Waals surface area contributed by atoms with Crippen LogP contribution in [0.3, 0.4) is 0 Å². The van der Waals surface area contributed by atoms with Crippen molar-refractivity contribution >= 4 is 34.1 Å². The van der Waals surface area contributed by atoms with Gasteiger partial charge < -0.3 is 10.1 Å². The summed E-state index contributed by atoms with van der Waals surface area (Å²) in [6, 6.07) is 10.8. The molecule has 0 aliphatic heterocycles. The van der Waals surface area contributed by atoms with E-state index in [0.29, 0.717) is 34.6 Å². The zero-order valence-corrected chi connectivity index (χ0v) is 20.1. The first-order valence-corrected chi connectivity index (χ1v) is 11.3. The van der Waals surface area contributed by atoms with Gasteiger partial charge >= 0.3 is 6.18 Å². The number of nitrogens with zero attached hydrogens (tertiary/aromatic N) is 4. The Balaban J connectivity index is 1.80. The van der Waals surface area contributed by atoms with Gasteiger partial charge in [0.15, 0.2) is 11.5 Å². The number of hydrogen-bond donors (Lipinski definition) is 1. The fraction of sp³-hybridized carbons (Fsp3) is 0.280. The van der Waals surface area contributed by atoms with Gasteiger partial charge in [0.05, 0.1) is 16.6 Å².